The predicted octanol–water partition coefficient (Wildman–Crippen LogP) is 3.04. The Balaban J connectivity index is 1.73. The minimum Gasteiger partial charge on any atom is -0.350 e. The second kappa shape index (κ2) is 7.02. The highest BCUT2D eigenvalue weighted by molar-refractivity contribution is 9.11. The van der Waals surface area contributed by atoms with Gasteiger partial charge in [0.2, 0.25) is 5.91 Å². The first-order valence-electron chi connectivity index (χ1n) is 7.06. The molecule has 3 heterocycles. The van der Waals surface area contributed by atoms with Gasteiger partial charge in [0.05, 0.1) is 10.3 Å². The number of carbonyl (C=O) groups is 1. The van der Waals surface area contributed by atoms with E-state index in [1.54, 1.807) is 23.5 Å². The quantitative estimate of drug-likeness (QED) is 0.785. The van der Waals surface area contributed by atoms with Crippen molar-refractivity contribution < 1.29 is 13.2 Å². The molecular weight excluding hydrogens is 420 g/mol. The lowest BCUT2D eigenvalue weighted by atomic mass is 10.2. The molecule has 124 valence electrons. The number of amides is 1. The summed E-state index contributed by atoms with van der Waals surface area (Å²) in [5.41, 5.74) is 0. The molecule has 5 nitrogen and oxygen atoms in total. The van der Waals surface area contributed by atoms with Crippen LogP contribution in [-0.4, -0.2) is 31.2 Å². The molecule has 0 radical (unpaired) electrons. The molecule has 0 aliphatic carbocycles. The maximum Gasteiger partial charge on any atom is 0.253 e. The largest absolute Gasteiger partial charge is 0.350 e. The van der Waals surface area contributed by atoms with E-state index >= 15 is 0 Å². The van der Waals surface area contributed by atoms with Crippen LogP contribution >= 0.6 is 38.6 Å². The van der Waals surface area contributed by atoms with Crippen LogP contribution in [0, 0.1) is 0 Å². The first-order valence-corrected chi connectivity index (χ1v) is 11.0. The van der Waals surface area contributed by atoms with E-state index in [2.05, 4.69) is 21.2 Å². The first kappa shape index (κ1) is 17.1. The summed E-state index contributed by atoms with van der Waals surface area (Å²) in [6, 6.07) is 6.52. The van der Waals surface area contributed by atoms with Crippen LogP contribution in [0.2, 0.25) is 0 Å². The van der Waals surface area contributed by atoms with Crippen molar-refractivity contribution in [2.24, 2.45) is 0 Å². The van der Waals surface area contributed by atoms with Gasteiger partial charge in [-0.2, -0.15) is 4.31 Å². The molecule has 0 bridgehead atoms. The van der Waals surface area contributed by atoms with Gasteiger partial charge in [-0.25, -0.2) is 8.42 Å². The molecule has 1 N–H and O–H groups in total. The van der Waals surface area contributed by atoms with Crippen LogP contribution in [0.15, 0.2) is 37.6 Å². The molecule has 1 aliphatic heterocycles. The van der Waals surface area contributed by atoms with Crippen molar-refractivity contribution in [1.82, 2.24) is 9.62 Å². The Kier molecular flexibility index (Phi) is 5.22. The Morgan fingerprint density at radius 3 is 2.87 bits per heavy atom. The van der Waals surface area contributed by atoms with E-state index in [-0.39, 0.29) is 10.1 Å². The summed E-state index contributed by atoms with van der Waals surface area (Å²) in [5.74, 6) is -0.227. The van der Waals surface area contributed by atoms with Gasteiger partial charge in [0.1, 0.15) is 10.3 Å². The van der Waals surface area contributed by atoms with Crippen LogP contribution in [0.25, 0.3) is 0 Å². The van der Waals surface area contributed by atoms with E-state index in [4.69, 9.17) is 0 Å². The fraction of sp³-hybridized carbons (Fsp3) is 0.357. The van der Waals surface area contributed by atoms with E-state index in [1.165, 1.54) is 4.31 Å². The third-order valence-electron chi connectivity index (χ3n) is 3.63. The number of carbonyl (C=O) groups excluding carboxylic acids is 1. The van der Waals surface area contributed by atoms with Crippen LogP contribution in [0.5, 0.6) is 0 Å². The van der Waals surface area contributed by atoms with Gasteiger partial charge in [-0.3, -0.25) is 4.79 Å². The molecule has 3 rings (SSSR count). The van der Waals surface area contributed by atoms with Gasteiger partial charge in [-0.15, -0.1) is 22.7 Å². The third-order valence-corrected chi connectivity index (χ3v) is 8.51. The fourth-order valence-electron chi connectivity index (χ4n) is 2.55. The first-order chi connectivity index (χ1) is 11.0. The normalized spacial score (nSPS) is 19.1. The number of nitrogens with zero attached hydrogens (tertiary/aromatic N) is 1. The van der Waals surface area contributed by atoms with Gasteiger partial charge in [0.15, 0.2) is 0 Å². The molecule has 2 aromatic heterocycles. The number of halogens is 1. The number of hydrogen-bond acceptors (Lipinski definition) is 5. The van der Waals surface area contributed by atoms with Gasteiger partial charge < -0.3 is 5.32 Å². The van der Waals surface area contributed by atoms with Crippen LogP contribution in [0.3, 0.4) is 0 Å². The molecule has 2 aromatic rings. The van der Waals surface area contributed by atoms with Crippen molar-refractivity contribution in [2.75, 3.05) is 6.54 Å². The maximum absolute atomic E-state index is 12.7. The van der Waals surface area contributed by atoms with Crippen molar-refractivity contribution in [3.8, 4) is 0 Å². The van der Waals surface area contributed by atoms with Crippen LogP contribution in [0.1, 0.15) is 17.7 Å². The number of nitrogens with one attached hydrogen (secondary N) is 1. The summed E-state index contributed by atoms with van der Waals surface area (Å²) < 4.78 is 27.8. The zero-order chi connectivity index (χ0) is 16.4. The average molecular weight is 435 g/mol. The highest BCUT2D eigenvalue weighted by atomic mass is 79.9. The molecule has 1 aliphatic rings. The number of thiophene rings is 2. The Labute approximate surface area is 151 Å². The second-order valence-electron chi connectivity index (χ2n) is 5.13. The van der Waals surface area contributed by atoms with Gasteiger partial charge in [0, 0.05) is 11.4 Å². The Hall–Kier alpha value is -0.740. The van der Waals surface area contributed by atoms with E-state index in [0.717, 1.165) is 20.0 Å². The van der Waals surface area contributed by atoms with Crippen LogP contribution < -0.4 is 5.32 Å². The zero-order valence-corrected chi connectivity index (χ0v) is 16.1. The van der Waals surface area contributed by atoms with Crippen LogP contribution in [-0.2, 0) is 21.4 Å². The lowest BCUT2D eigenvalue weighted by Gasteiger charge is -2.22. The molecule has 1 saturated heterocycles. The summed E-state index contributed by atoms with van der Waals surface area (Å²) in [4.78, 5) is 13.5. The summed E-state index contributed by atoms with van der Waals surface area (Å²) in [6.07, 6.45) is 1.25. The molecule has 9 heteroatoms. The lowest BCUT2D eigenvalue weighted by molar-refractivity contribution is -0.124. The summed E-state index contributed by atoms with van der Waals surface area (Å²) in [6.45, 7) is 0.820. The van der Waals surface area contributed by atoms with Gasteiger partial charge in [0.25, 0.3) is 10.0 Å². The van der Waals surface area contributed by atoms with Crippen molar-refractivity contribution in [2.45, 2.75) is 29.6 Å². The van der Waals surface area contributed by atoms with Crippen molar-refractivity contribution >= 4 is 54.5 Å². The summed E-state index contributed by atoms with van der Waals surface area (Å²) in [5, 5.41) is 4.79. The van der Waals surface area contributed by atoms with Gasteiger partial charge >= 0.3 is 0 Å². The van der Waals surface area contributed by atoms with Crippen LogP contribution in [0.4, 0.5) is 0 Å². The highest BCUT2D eigenvalue weighted by Crippen LogP contribution is 2.32. The Bertz CT molecular complexity index is 786. The summed E-state index contributed by atoms with van der Waals surface area (Å²) >= 11 is 6.01. The number of hydrogen-bond donors (Lipinski definition) is 1. The molecule has 0 saturated carbocycles. The van der Waals surface area contributed by atoms with E-state index in [0.29, 0.717) is 25.9 Å². The monoisotopic (exact) mass is 434 g/mol. The maximum atomic E-state index is 12.7. The molecule has 23 heavy (non-hydrogen) atoms. The molecule has 0 aromatic carbocycles. The minimum absolute atomic E-state index is 0.227. The predicted molar refractivity (Wildman–Crippen MR) is 95.1 cm³/mol. The number of rotatable bonds is 5. The third kappa shape index (κ3) is 3.69. The molecule has 1 atom stereocenters. The molecule has 1 fully saturated rings. The van der Waals surface area contributed by atoms with E-state index in [9.17, 15) is 13.2 Å². The minimum atomic E-state index is -3.62. The fourth-order valence-corrected chi connectivity index (χ4v) is 6.99. The van der Waals surface area contributed by atoms with Crippen molar-refractivity contribution in [3.63, 3.8) is 0 Å². The average Bonchev–Trinajstić information content (AvgIpc) is 3.25. The molecular formula is C14H15BrN2O3S3. The van der Waals surface area contributed by atoms with E-state index < -0.39 is 16.1 Å². The zero-order valence-electron chi connectivity index (χ0n) is 12.1. The Morgan fingerprint density at radius 2 is 2.22 bits per heavy atom. The second-order valence-corrected chi connectivity index (χ2v) is 10.7. The topological polar surface area (TPSA) is 66.5 Å². The molecule has 1 unspecified atom stereocenters. The smallest absolute Gasteiger partial charge is 0.253 e. The molecule has 0 spiro atoms. The highest BCUT2D eigenvalue weighted by Gasteiger charge is 2.39. The van der Waals surface area contributed by atoms with Gasteiger partial charge in [-0.05, 0) is 52.4 Å². The van der Waals surface area contributed by atoms with E-state index in [1.807, 2.05) is 17.5 Å². The summed E-state index contributed by atoms with van der Waals surface area (Å²) in [7, 11) is -3.62. The number of sulfonamides is 1. The lowest BCUT2D eigenvalue weighted by Crippen LogP contribution is -2.45. The molecule has 1 amide bonds. The van der Waals surface area contributed by atoms with Crippen molar-refractivity contribution in [3.05, 3.63) is 38.3 Å². The van der Waals surface area contributed by atoms with Crippen molar-refractivity contribution in [1.29, 1.82) is 0 Å². The SMILES string of the molecule is O=C(NCc1cccs1)C1CCCN1S(=O)(=O)c1ccc(Br)s1. The standard InChI is InChI=1S/C14H15BrN2O3S3/c15-12-5-6-13(22-12)23(19,20)17-7-1-4-11(17)14(18)16-9-10-3-2-8-21-10/h2-3,5-6,8,11H,1,4,7,9H2,(H,16,18). The van der Waals surface area contributed by atoms with Gasteiger partial charge in [-0.1, -0.05) is 6.07 Å². The Morgan fingerprint density at radius 1 is 1.39 bits per heavy atom.